The van der Waals surface area contributed by atoms with Gasteiger partial charge in [-0.2, -0.15) is 0 Å². The van der Waals surface area contributed by atoms with Crippen molar-refractivity contribution in [3.05, 3.63) is 0 Å². The fourth-order valence-electron chi connectivity index (χ4n) is 2.50. The molecule has 0 aromatic heterocycles. The van der Waals surface area contributed by atoms with Crippen molar-refractivity contribution in [2.45, 2.75) is 44.2 Å². The van der Waals surface area contributed by atoms with Gasteiger partial charge >= 0.3 is 0 Å². The van der Waals surface area contributed by atoms with Gasteiger partial charge in [-0.3, -0.25) is 4.90 Å². The molecule has 0 aromatic rings. The summed E-state index contributed by atoms with van der Waals surface area (Å²) in [6.45, 7) is 2.61. The van der Waals surface area contributed by atoms with Gasteiger partial charge in [0, 0.05) is 12.1 Å². The molecule has 2 heteroatoms. The average Bonchev–Trinajstić information content (AvgIpc) is 2.06. The molecule has 2 N–H and O–H groups in total. The lowest BCUT2D eigenvalue weighted by molar-refractivity contribution is 0.0914. The van der Waals surface area contributed by atoms with Crippen LogP contribution in [0.25, 0.3) is 0 Å². The molecular weight excluding hydrogens is 136 g/mol. The molecule has 2 rings (SSSR count). The number of nitrogens with zero attached hydrogens (tertiary/aromatic N) is 1. The van der Waals surface area contributed by atoms with Crippen molar-refractivity contribution in [2.75, 3.05) is 13.1 Å². The molecule has 2 atom stereocenters. The lowest BCUT2D eigenvalue weighted by Crippen LogP contribution is -2.53. The van der Waals surface area contributed by atoms with Gasteiger partial charge in [-0.1, -0.05) is 6.42 Å². The van der Waals surface area contributed by atoms with E-state index in [1.807, 2.05) is 0 Å². The van der Waals surface area contributed by atoms with Gasteiger partial charge in [-0.15, -0.1) is 0 Å². The van der Waals surface area contributed by atoms with Crippen LogP contribution in [-0.4, -0.2) is 30.1 Å². The number of rotatable bonds is 0. The van der Waals surface area contributed by atoms with E-state index in [0.29, 0.717) is 6.04 Å². The molecule has 0 aliphatic carbocycles. The predicted octanol–water partition coefficient (Wildman–Crippen LogP) is 0.962. The molecule has 0 radical (unpaired) electrons. The molecule has 2 saturated heterocycles. The minimum absolute atomic E-state index is 0.476. The van der Waals surface area contributed by atoms with Crippen molar-refractivity contribution in [1.29, 1.82) is 0 Å². The number of piperidine rings is 2. The number of hydrogen-bond donors (Lipinski definition) is 1. The zero-order valence-electron chi connectivity index (χ0n) is 7.13. The second-order valence-electron chi connectivity index (χ2n) is 3.91. The average molecular weight is 154 g/mol. The summed E-state index contributed by atoms with van der Waals surface area (Å²) in [5.41, 5.74) is 6.05. The van der Waals surface area contributed by atoms with E-state index in [9.17, 15) is 0 Å². The first-order chi connectivity index (χ1) is 5.38. The first kappa shape index (κ1) is 7.56. The van der Waals surface area contributed by atoms with Crippen molar-refractivity contribution < 1.29 is 0 Å². The zero-order valence-corrected chi connectivity index (χ0v) is 7.13. The van der Waals surface area contributed by atoms with Crippen LogP contribution in [0.2, 0.25) is 0 Å². The maximum absolute atomic E-state index is 6.05. The highest BCUT2D eigenvalue weighted by Crippen LogP contribution is 2.24. The monoisotopic (exact) mass is 154 g/mol. The molecule has 11 heavy (non-hydrogen) atoms. The number of fused-ring (bicyclic) bond motifs is 1. The Hall–Kier alpha value is -0.0800. The lowest BCUT2D eigenvalue weighted by Gasteiger charge is -2.42. The van der Waals surface area contributed by atoms with Gasteiger partial charge in [0.15, 0.2) is 0 Å². The van der Waals surface area contributed by atoms with E-state index in [-0.39, 0.29) is 0 Å². The molecule has 0 saturated carbocycles. The van der Waals surface area contributed by atoms with Crippen LogP contribution >= 0.6 is 0 Å². The summed E-state index contributed by atoms with van der Waals surface area (Å²) in [4.78, 5) is 2.59. The molecule has 64 valence electrons. The van der Waals surface area contributed by atoms with E-state index in [1.54, 1.807) is 0 Å². The zero-order chi connectivity index (χ0) is 7.68. The molecule has 2 aliphatic rings. The largest absolute Gasteiger partial charge is 0.326 e. The molecule has 0 bridgehead atoms. The van der Waals surface area contributed by atoms with E-state index in [1.165, 1.54) is 45.2 Å². The molecule has 2 heterocycles. The van der Waals surface area contributed by atoms with Gasteiger partial charge in [0.1, 0.15) is 0 Å². The van der Waals surface area contributed by atoms with Crippen LogP contribution < -0.4 is 5.73 Å². The fourth-order valence-corrected chi connectivity index (χ4v) is 2.50. The van der Waals surface area contributed by atoms with Crippen LogP contribution in [0.3, 0.4) is 0 Å². The third kappa shape index (κ3) is 1.42. The Morgan fingerprint density at radius 1 is 1.00 bits per heavy atom. The predicted molar refractivity (Wildman–Crippen MR) is 46.4 cm³/mol. The van der Waals surface area contributed by atoms with Gasteiger partial charge in [0.2, 0.25) is 0 Å². The highest BCUT2D eigenvalue weighted by Gasteiger charge is 2.30. The topological polar surface area (TPSA) is 29.3 Å². The Labute approximate surface area is 68.7 Å². The summed E-state index contributed by atoms with van der Waals surface area (Å²) in [5, 5.41) is 0. The Kier molecular flexibility index (Phi) is 2.14. The van der Waals surface area contributed by atoms with Crippen molar-refractivity contribution >= 4 is 0 Å². The highest BCUT2D eigenvalue weighted by molar-refractivity contribution is 4.89. The van der Waals surface area contributed by atoms with E-state index in [2.05, 4.69) is 4.90 Å². The molecule has 2 fully saturated rings. The Morgan fingerprint density at radius 2 is 1.82 bits per heavy atom. The van der Waals surface area contributed by atoms with Crippen LogP contribution in [0, 0.1) is 0 Å². The summed E-state index contributed by atoms with van der Waals surface area (Å²) in [6, 6.07) is 1.21. The number of nitrogens with two attached hydrogens (primary N) is 1. The van der Waals surface area contributed by atoms with Crippen LogP contribution in [0.1, 0.15) is 32.1 Å². The summed E-state index contributed by atoms with van der Waals surface area (Å²) in [7, 11) is 0. The summed E-state index contributed by atoms with van der Waals surface area (Å²) in [5.74, 6) is 0. The van der Waals surface area contributed by atoms with Gasteiger partial charge < -0.3 is 5.73 Å². The van der Waals surface area contributed by atoms with E-state index < -0.39 is 0 Å². The van der Waals surface area contributed by atoms with E-state index in [4.69, 9.17) is 5.73 Å². The van der Waals surface area contributed by atoms with E-state index in [0.717, 1.165) is 6.04 Å². The van der Waals surface area contributed by atoms with Crippen molar-refractivity contribution in [3.8, 4) is 0 Å². The van der Waals surface area contributed by atoms with Gasteiger partial charge in [-0.25, -0.2) is 0 Å². The van der Waals surface area contributed by atoms with Gasteiger partial charge in [0.25, 0.3) is 0 Å². The van der Waals surface area contributed by atoms with Crippen LogP contribution in [-0.2, 0) is 0 Å². The van der Waals surface area contributed by atoms with Crippen molar-refractivity contribution in [3.63, 3.8) is 0 Å². The summed E-state index contributed by atoms with van der Waals surface area (Å²) >= 11 is 0. The molecule has 2 aliphatic heterocycles. The van der Waals surface area contributed by atoms with E-state index >= 15 is 0 Å². The fraction of sp³-hybridized carbons (Fsp3) is 1.00. The Bertz CT molecular complexity index is 134. The summed E-state index contributed by atoms with van der Waals surface area (Å²) < 4.78 is 0. The Balaban J connectivity index is 1.99. The minimum atomic E-state index is 0.476. The quantitative estimate of drug-likeness (QED) is 0.563. The second kappa shape index (κ2) is 3.11. The maximum atomic E-state index is 6.05. The maximum Gasteiger partial charge on any atom is 0.0247 e. The number of hydrogen-bond acceptors (Lipinski definition) is 2. The molecule has 0 amide bonds. The third-order valence-electron chi connectivity index (χ3n) is 3.14. The smallest absolute Gasteiger partial charge is 0.0247 e. The molecule has 0 spiro atoms. The van der Waals surface area contributed by atoms with Crippen molar-refractivity contribution in [1.82, 2.24) is 4.90 Å². The third-order valence-corrected chi connectivity index (χ3v) is 3.14. The standard InChI is InChI=1S/C9H18N2/c10-8-4-3-7-11-6-2-1-5-9(8)11/h8-9H,1-7,10H2/t8-,9?/m0/s1. The van der Waals surface area contributed by atoms with Gasteiger partial charge in [0.05, 0.1) is 0 Å². The first-order valence-electron chi connectivity index (χ1n) is 4.87. The van der Waals surface area contributed by atoms with Crippen LogP contribution in [0.4, 0.5) is 0 Å². The molecule has 0 aromatic carbocycles. The Morgan fingerprint density at radius 3 is 2.64 bits per heavy atom. The molecular formula is C9H18N2. The minimum Gasteiger partial charge on any atom is -0.326 e. The first-order valence-corrected chi connectivity index (χ1v) is 4.87. The second-order valence-corrected chi connectivity index (χ2v) is 3.91. The summed E-state index contributed by atoms with van der Waals surface area (Å²) in [6.07, 6.45) is 6.71. The lowest BCUT2D eigenvalue weighted by atomic mass is 9.89. The molecule has 2 nitrogen and oxygen atoms in total. The van der Waals surface area contributed by atoms with Crippen molar-refractivity contribution in [2.24, 2.45) is 5.73 Å². The normalized spacial score (nSPS) is 40.1. The van der Waals surface area contributed by atoms with Crippen LogP contribution in [0.15, 0.2) is 0 Å². The SMILES string of the molecule is N[C@H]1CCCN2CCCCC12. The van der Waals surface area contributed by atoms with Gasteiger partial charge in [-0.05, 0) is 38.8 Å². The van der Waals surface area contributed by atoms with Crippen LogP contribution in [0.5, 0.6) is 0 Å². The highest BCUT2D eigenvalue weighted by atomic mass is 15.2. The molecule has 1 unspecified atom stereocenters.